The Kier molecular flexibility index (Phi) is 7.13. The molecule has 0 saturated carbocycles. The minimum Gasteiger partial charge on any atom is -0.310 e. The van der Waals surface area contributed by atoms with Gasteiger partial charge in [0.1, 0.15) is 0 Å². The normalized spacial score (nSPS) is 11.0. The van der Waals surface area contributed by atoms with Crippen LogP contribution in [-0.2, 0) is 0 Å². The molecule has 0 spiro atoms. The highest BCUT2D eigenvalue weighted by Crippen LogP contribution is 2.42. The van der Waals surface area contributed by atoms with Crippen LogP contribution >= 0.6 is 15.9 Å². The molecule has 200 valence electrons. The summed E-state index contributed by atoms with van der Waals surface area (Å²) in [4.78, 5) is 2.37. The summed E-state index contributed by atoms with van der Waals surface area (Å²) in [5.74, 6) is 0. The zero-order chi connectivity index (χ0) is 28.3. The fourth-order valence-corrected chi connectivity index (χ4v) is 5.92. The minimum absolute atomic E-state index is 1.08. The van der Waals surface area contributed by atoms with Crippen molar-refractivity contribution in [1.29, 1.82) is 0 Å². The van der Waals surface area contributed by atoms with Crippen LogP contribution in [0.3, 0.4) is 0 Å². The molecule has 0 heterocycles. The monoisotopic (exact) mass is 601 g/mol. The van der Waals surface area contributed by atoms with Crippen LogP contribution in [0.25, 0.3) is 44.2 Å². The molecule has 0 N–H and O–H groups in total. The smallest absolute Gasteiger partial charge is 0.0540 e. The maximum absolute atomic E-state index is 3.58. The number of anilines is 3. The van der Waals surface area contributed by atoms with Gasteiger partial charge in [0, 0.05) is 21.2 Å². The molecule has 1 nitrogen and oxygen atoms in total. The summed E-state index contributed by atoms with van der Waals surface area (Å²) in [6.45, 7) is 0. The Morgan fingerprint density at radius 1 is 0.333 bits per heavy atom. The Bertz CT molecular complexity index is 1860. The zero-order valence-corrected chi connectivity index (χ0v) is 24.6. The molecule has 0 aromatic heterocycles. The van der Waals surface area contributed by atoms with Crippen molar-refractivity contribution < 1.29 is 0 Å². The Labute approximate surface area is 255 Å². The minimum atomic E-state index is 1.08. The molecule has 7 aromatic rings. The van der Waals surface area contributed by atoms with Crippen LogP contribution in [-0.4, -0.2) is 0 Å². The summed E-state index contributed by atoms with van der Waals surface area (Å²) in [6, 6.07) is 60.6. The van der Waals surface area contributed by atoms with Crippen molar-refractivity contribution in [2.24, 2.45) is 0 Å². The molecule has 0 atom stereocenters. The second-order valence-corrected chi connectivity index (χ2v) is 11.3. The number of fused-ring (bicyclic) bond motifs is 1. The molecular formula is C40H28BrN. The van der Waals surface area contributed by atoms with E-state index in [1.807, 2.05) is 0 Å². The van der Waals surface area contributed by atoms with Gasteiger partial charge in [0.15, 0.2) is 0 Å². The van der Waals surface area contributed by atoms with Gasteiger partial charge in [-0.1, -0.05) is 143 Å². The summed E-state index contributed by atoms with van der Waals surface area (Å²) in [5.41, 5.74) is 10.6. The van der Waals surface area contributed by atoms with Crippen LogP contribution in [0.4, 0.5) is 17.1 Å². The van der Waals surface area contributed by atoms with Gasteiger partial charge in [0.25, 0.3) is 0 Å². The second-order valence-electron chi connectivity index (χ2n) is 10.3. The summed E-state index contributed by atoms with van der Waals surface area (Å²) in [7, 11) is 0. The van der Waals surface area contributed by atoms with Crippen molar-refractivity contribution >= 4 is 43.8 Å². The Morgan fingerprint density at radius 3 is 1.29 bits per heavy atom. The molecule has 0 amide bonds. The van der Waals surface area contributed by atoms with Gasteiger partial charge >= 0.3 is 0 Å². The largest absolute Gasteiger partial charge is 0.310 e. The van der Waals surface area contributed by atoms with Crippen molar-refractivity contribution in [3.05, 3.63) is 174 Å². The first-order valence-electron chi connectivity index (χ1n) is 14.1. The van der Waals surface area contributed by atoms with Crippen molar-refractivity contribution in [3.8, 4) is 33.4 Å². The number of hydrogen-bond donors (Lipinski definition) is 0. The molecule has 0 unspecified atom stereocenters. The lowest BCUT2D eigenvalue weighted by molar-refractivity contribution is 1.30. The fraction of sp³-hybridized carbons (Fsp3) is 0. The first-order valence-corrected chi connectivity index (χ1v) is 14.9. The van der Waals surface area contributed by atoms with E-state index in [0.29, 0.717) is 0 Å². The molecule has 0 saturated heterocycles. The third-order valence-corrected chi connectivity index (χ3v) is 8.29. The van der Waals surface area contributed by atoms with E-state index in [9.17, 15) is 0 Å². The molecule has 42 heavy (non-hydrogen) atoms. The third-order valence-electron chi connectivity index (χ3n) is 7.76. The van der Waals surface area contributed by atoms with Crippen LogP contribution in [0.1, 0.15) is 0 Å². The lowest BCUT2D eigenvalue weighted by Gasteiger charge is -2.28. The van der Waals surface area contributed by atoms with E-state index in [1.54, 1.807) is 0 Å². The molecular weight excluding hydrogens is 574 g/mol. The lowest BCUT2D eigenvalue weighted by atomic mass is 9.96. The molecule has 0 aliphatic rings. The van der Waals surface area contributed by atoms with Gasteiger partial charge < -0.3 is 4.90 Å². The fourth-order valence-electron chi connectivity index (χ4n) is 5.65. The van der Waals surface area contributed by atoms with E-state index < -0.39 is 0 Å². The highest BCUT2D eigenvalue weighted by Gasteiger charge is 2.17. The topological polar surface area (TPSA) is 3.24 Å². The highest BCUT2D eigenvalue weighted by atomic mass is 79.9. The highest BCUT2D eigenvalue weighted by molar-refractivity contribution is 9.10. The molecule has 0 fully saturated rings. The van der Waals surface area contributed by atoms with Crippen molar-refractivity contribution in [2.45, 2.75) is 0 Å². The molecule has 7 aromatic carbocycles. The van der Waals surface area contributed by atoms with Gasteiger partial charge in [-0.05, 0) is 81.2 Å². The van der Waals surface area contributed by atoms with Crippen LogP contribution < -0.4 is 4.90 Å². The maximum Gasteiger partial charge on any atom is 0.0540 e. The third kappa shape index (κ3) is 5.13. The lowest BCUT2D eigenvalue weighted by Crippen LogP contribution is -2.10. The molecule has 0 aliphatic carbocycles. The summed E-state index contributed by atoms with van der Waals surface area (Å²) < 4.78 is 1.08. The number of hydrogen-bond acceptors (Lipinski definition) is 1. The van der Waals surface area contributed by atoms with Crippen LogP contribution in [0.15, 0.2) is 174 Å². The molecule has 2 heteroatoms. The van der Waals surface area contributed by atoms with Crippen LogP contribution in [0, 0.1) is 0 Å². The number of rotatable bonds is 6. The average Bonchev–Trinajstić information content (AvgIpc) is 3.07. The van der Waals surface area contributed by atoms with E-state index in [0.717, 1.165) is 21.5 Å². The first-order chi connectivity index (χ1) is 20.7. The second kappa shape index (κ2) is 11.5. The predicted octanol–water partition coefficient (Wildman–Crippen LogP) is 12.1. The van der Waals surface area contributed by atoms with Gasteiger partial charge in [0.05, 0.1) is 5.69 Å². The van der Waals surface area contributed by atoms with Gasteiger partial charge in [-0.25, -0.2) is 0 Å². The Morgan fingerprint density at radius 2 is 0.762 bits per heavy atom. The zero-order valence-electron chi connectivity index (χ0n) is 23.0. The number of halogens is 1. The van der Waals surface area contributed by atoms with Crippen molar-refractivity contribution in [3.63, 3.8) is 0 Å². The van der Waals surface area contributed by atoms with Crippen molar-refractivity contribution in [2.75, 3.05) is 4.90 Å². The predicted molar refractivity (Wildman–Crippen MR) is 183 cm³/mol. The van der Waals surface area contributed by atoms with E-state index in [4.69, 9.17) is 0 Å². The van der Waals surface area contributed by atoms with Crippen LogP contribution in [0.5, 0.6) is 0 Å². The van der Waals surface area contributed by atoms with Gasteiger partial charge in [-0.15, -0.1) is 0 Å². The molecule has 0 bridgehead atoms. The van der Waals surface area contributed by atoms with Crippen molar-refractivity contribution in [1.82, 2.24) is 0 Å². The van der Waals surface area contributed by atoms with Gasteiger partial charge in [0.2, 0.25) is 0 Å². The summed E-state index contributed by atoms with van der Waals surface area (Å²) >= 11 is 3.58. The first kappa shape index (κ1) is 26.0. The average molecular weight is 603 g/mol. The summed E-state index contributed by atoms with van der Waals surface area (Å²) in [5, 5.41) is 2.43. The molecule has 7 rings (SSSR count). The quantitative estimate of drug-likeness (QED) is 0.183. The maximum atomic E-state index is 3.58. The van der Waals surface area contributed by atoms with E-state index >= 15 is 0 Å². The Balaban J connectivity index is 1.38. The molecule has 0 radical (unpaired) electrons. The van der Waals surface area contributed by atoms with E-state index in [2.05, 4.69) is 191 Å². The van der Waals surface area contributed by atoms with Gasteiger partial charge in [-0.3, -0.25) is 0 Å². The molecule has 0 aliphatic heterocycles. The number of benzene rings is 7. The summed E-state index contributed by atoms with van der Waals surface area (Å²) in [6.07, 6.45) is 0. The number of nitrogens with zero attached hydrogens (tertiary/aromatic N) is 1. The SMILES string of the molecule is Brc1ccc(-c2ccc(N(c3ccc(-c4ccccc4)cc3)c3ccc(-c4ccccc4)cc3)c3ccccc23)cc1. The van der Waals surface area contributed by atoms with Crippen LogP contribution in [0.2, 0.25) is 0 Å². The van der Waals surface area contributed by atoms with E-state index in [-0.39, 0.29) is 0 Å². The van der Waals surface area contributed by atoms with Gasteiger partial charge in [-0.2, -0.15) is 0 Å². The Hall–Kier alpha value is -4.92. The standard InChI is InChI=1S/C40H28BrN/c41-34-21-15-33(16-22-34)37-27-28-40(39-14-8-7-13-38(37)39)42(35-23-17-31(18-24-35)29-9-3-1-4-10-29)36-25-19-32(20-26-36)30-11-5-2-6-12-30/h1-28H. The van der Waals surface area contributed by atoms with E-state index in [1.165, 1.54) is 44.2 Å².